The number of fused-ring (bicyclic) bond motifs is 1. The maximum Gasteiger partial charge on any atom is 0.324 e. The summed E-state index contributed by atoms with van der Waals surface area (Å²) in [5, 5.41) is 12.8. The van der Waals surface area contributed by atoms with Crippen LogP contribution in [-0.2, 0) is 6.54 Å². The van der Waals surface area contributed by atoms with Crippen molar-refractivity contribution in [3.63, 3.8) is 0 Å². The van der Waals surface area contributed by atoms with Gasteiger partial charge in [-0.25, -0.2) is 4.79 Å². The first-order valence-corrected chi connectivity index (χ1v) is 6.06. The van der Waals surface area contributed by atoms with Crippen LogP contribution in [0.25, 0.3) is 0 Å². The third-order valence-corrected chi connectivity index (χ3v) is 3.08. The Hall–Kier alpha value is -1.59. The van der Waals surface area contributed by atoms with Gasteiger partial charge in [0.05, 0.1) is 18.3 Å². The van der Waals surface area contributed by atoms with E-state index in [0.29, 0.717) is 19.6 Å². The molecule has 18 heavy (non-hydrogen) atoms. The lowest BCUT2D eigenvalue weighted by Gasteiger charge is -2.36. The van der Waals surface area contributed by atoms with Crippen LogP contribution in [0.3, 0.4) is 0 Å². The molecule has 0 fully saturated rings. The fraction of sp³-hybridized carbons (Fsp3) is 0.462. The Balaban J connectivity index is 2.24. The monoisotopic (exact) mass is 249 g/mol. The summed E-state index contributed by atoms with van der Waals surface area (Å²) in [5.74, 6) is 0. The molecular formula is C13H19N3O2. The number of para-hydroxylation sites is 1. The number of carbonyl (C=O) groups is 1. The fourth-order valence-electron chi connectivity index (χ4n) is 2.23. The molecule has 1 unspecified atom stereocenters. The largest absolute Gasteiger partial charge is 0.390 e. The van der Waals surface area contributed by atoms with Crippen LogP contribution in [0.1, 0.15) is 5.56 Å². The second-order valence-electron chi connectivity index (χ2n) is 4.59. The Labute approximate surface area is 107 Å². The number of aliphatic hydroxyl groups excluding tert-OH is 1. The normalized spacial score (nSPS) is 16.7. The van der Waals surface area contributed by atoms with E-state index in [0.717, 1.165) is 11.3 Å². The van der Waals surface area contributed by atoms with Crippen LogP contribution >= 0.6 is 0 Å². The summed E-state index contributed by atoms with van der Waals surface area (Å²) in [6.45, 7) is 1.39. The number of β-amino-alcohol motifs (C(OH)–C–C–N with tert-alkyl or cyclic N) is 1. The summed E-state index contributed by atoms with van der Waals surface area (Å²) < 4.78 is 0. The first-order chi connectivity index (χ1) is 8.63. The van der Waals surface area contributed by atoms with Gasteiger partial charge in [0.25, 0.3) is 0 Å². The molecule has 1 aromatic rings. The minimum absolute atomic E-state index is 0.0659. The topological polar surface area (TPSA) is 55.8 Å². The molecule has 0 saturated heterocycles. The van der Waals surface area contributed by atoms with Crippen LogP contribution in [0.4, 0.5) is 10.5 Å². The summed E-state index contributed by atoms with van der Waals surface area (Å²) in [5.41, 5.74) is 2.01. The van der Waals surface area contributed by atoms with E-state index in [4.69, 9.17) is 0 Å². The van der Waals surface area contributed by atoms with E-state index >= 15 is 0 Å². The SMILES string of the molecule is CNCC(O)CN1C(=O)N(C)Cc2ccccc21. The lowest BCUT2D eigenvalue weighted by Crippen LogP contribution is -2.49. The van der Waals surface area contributed by atoms with E-state index < -0.39 is 6.10 Å². The number of urea groups is 1. The molecule has 1 aromatic carbocycles. The van der Waals surface area contributed by atoms with Crippen LogP contribution < -0.4 is 10.2 Å². The van der Waals surface area contributed by atoms with E-state index in [1.165, 1.54) is 0 Å². The van der Waals surface area contributed by atoms with Gasteiger partial charge < -0.3 is 15.3 Å². The number of likely N-dealkylation sites (N-methyl/N-ethyl adjacent to an activating group) is 1. The van der Waals surface area contributed by atoms with Gasteiger partial charge in [0, 0.05) is 20.1 Å². The predicted molar refractivity (Wildman–Crippen MR) is 70.6 cm³/mol. The van der Waals surface area contributed by atoms with Gasteiger partial charge in [-0.05, 0) is 18.7 Å². The Bertz CT molecular complexity index is 436. The van der Waals surface area contributed by atoms with Gasteiger partial charge in [-0.2, -0.15) is 0 Å². The second kappa shape index (κ2) is 5.37. The number of hydrogen-bond donors (Lipinski definition) is 2. The molecule has 0 bridgehead atoms. The standard InChI is InChI=1S/C13H19N3O2/c1-14-7-11(17)9-16-12-6-4-3-5-10(12)8-15(2)13(16)18/h3-6,11,14,17H,7-9H2,1-2H3. The van der Waals surface area contributed by atoms with Crippen molar-refractivity contribution >= 4 is 11.7 Å². The quantitative estimate of drug-likeness (QED) is 0.823. The van der Waals surface area contributed by atoms with Crippen LogP contribution in [0, 0.1) is 0 Å². The number of carbonyl (C=O) groups excluding carboxylic acids is 1. The molecule has 0 radical (unpaired) electrons. The smallest absolute Gasteiger partial charge is 0.324 e. The number of nitrogens with one attached hydrogen (secondary N) is 1. The zero-order chi connectivity index (χ0) is 13.1. The van der Waals surface area contributed by atoms with Gasteiger partial charge in [-0.1, -0.05) is 18.2 Å². The van der Waals surface area contributed by atoms with Gasteiger partial charge in [0.2, 0.25) is 0 Å². The minimum atomic E-state index is -0.571. The van der Waals surface area contributed by atoms with Crippen molar-refractivity contribution in [1.29, 1.82) is 0 Å². The average Bonchev–Trinajstić information content (AvgIpc) is 2.35. The summed E-state index contributed by atoms with van der Waals surface area (Å²) in [4.78, 5) is 15.4. The van der Waals surface area contributed by atoms with Crippen LogP contribution in [0.2, 0.25) is 0 Å². The Morgan fingerprint density at radius 1 is 1.44 bits per heavy atom. The molecule has 0 spiro atoms. The van der Waals surface area contributed by atoms with Crippen molar-refractivity contribution < 1.29 is 9.90 Å². The fourth-order valence-corrected chi connectivity index (χ4v) is 2.23. The summed E-state index contributed by atoms with van der Waals surface area (Å²) in [6, 6.07) is 7.74. The Morgan fingerprint density at radius 2 is 2.17 bits per heavy atom. The van der Waals surface area contributed by atoms with Gasteiger partial charge in [0.15, 0.2) is 0 Å². The summed E-state index contributed by atoms with van der Waals surface area (Å²) in [6.07, 6.45) is -0.571. The molecule has 5 heteroatoms. The number of benzene rings is 1. The van der Waals surface area contributed by atoms with E-state index in [1.807, 2.05) is 24.3 Å². The molecule has 2 N–H and O–H groups in total. The maximum atomic E-state index is 12.1. The Morgan fingerprint density at radius 3 is 2.89 bits per heavy atom. The van der Waals surface area contributed by atoms with Crippen molar-refractivity contribution in [2.45, 2.75) is 12.6 Å². The highest BCUT2D eigenvalue weighted by atomic mass is 16.3. The number of nitrogens with zero attached hydrogens (tertiary/aromatic N) is 2. The maximum absolute atomic E-state index is 12.1. The summed E-state index contributed by atoms with van der Waals surface area (Å²) >= 11 is 0. The first-order valence-electron chi connectivity index (χ1n) is 6.06. The second-order valence-corrected chi connectivity index (χ2v) is 4.59. The van der Waals surface area contributed by atoms with Crippen molar-refractivity contribution in [3.05, 3.63) is 29.8 Å². The van der Waals surface area contributed by atoms with Crippen LogP contribution in [-0.4, -0.2) is 49.3 Å². The molecule has 1 aliphatic rings. The zero-order valence-electron chi connectivity index (χ0n) is 10.8. The molecule has 1 aliphatic heterocycles. The number of aliphatic hydroxyl groups is 1. The van der Waals surface area contributed by atoms with Crippen molar-refractivity contribution in [2.24, 2.45) is 0 Å². The molecule has 2 amide bonds. The minimum Gasteiger partial charge on any atom is -0.390 e. The lowest BCUT2D eigenvalue weighted by atomic mass is 10.1. The van der Waals surface area contributed by atoms with Crippen molar-refractivity contribution in [2.75, 3.05) is 32.1 Å². The molecule has 0 aromatic heterocycles. The molecule has 98 valence electrons. The molecule has 1 atom stereocenters. The van der Waals surface area contributed by atoms with Crippen LogP contribution in [0.5, 0.6) is 0 Å². The van der Waals surface area contributed by atoms with Crippen LogP contribution in [0.15, 0.2) is 24.3 Å². The molecular weight excluding hydrogens is 230 g/mol. The third-order valence-electron chi connectivity index (χ3n) is 3.08. The summed E-state index contributed by atoms with van der Waals surface area (Å²) in [7, 11) is 3.55. The first kappa shape index (κ1) is 12.9. The van der Waals surface area contributed by atoms with E-state index in [9.17, 15) is 9.90 Å². The van der Waals surface area contributed by atoms with Gasteiger partial charge in [-0.15, -0.1) is 0 Å². The van der Waals surface area contributed by atoms with Gasteiger partial charge in [0.1, 0.15) is 0 Å². The molecule has 2 rings (SSSR count). The van der Waals surface area contributed by atoms with Gasteiger partial charge in [-0.3, -0.25) is 4.90 Å². The number of rotatable bonds is 4. The van der Waals surface area contributed by atoms with E-state index in [1.54, 1.807) is 23.9 Å². The molecule has 0 saturated carbocycles. The highest BCUT2D eigenvalue weighted by Gasteiger charge is 2.28. The van der Waals surface area contributed by atoms with Crippen molar-refractivity contribution in [1.82, 2.24) is 10.2 Å². The lowest BCUT2D eigenvalue weighted by molar-refractivity contribution is 0.170. The highest BCUT2D eigenvalue weighted by Crippen LogP contribution is 2.27. The molecule has 0 aliphatic carbocycles. The molecule has 5 nitrogen and oxygen atoms in total. The highest BCUT2D eigenvalue weighted by molar-refractivity contribution is 5.94. The molecule has 1 heterocycles. The third kappa shape index (κ3) is 2.47. The Kier molecular flexibility index (Phi) is 3.84. The van der Waals surface area contributed by atoms with E-state index in [-0.39, 0.29) is 6.03 Å². The zero-order valence-corrected chi connectivity index (χ0v) is 10.8. The number of anilines is 1. The van der Waals surface area contributed by atoms with E-state index in [2.05, 4.69) is 5.32 Å². The predicted octanol–water partition coefficient (Wildman–Crippen LogP) is 0.639. The van der Waals surface area contributed by atoms with Gasteiger partial charge >= 0.3 is 6.03 Å². The van der Waals surface area contributed by atoms with Crippen molar-refractivity contribution in [3.8, 4) is 0 Å². The number of hydrogen-bond acceptors (Lipinski definition) is 3. The average molecular weight is 249 g/mol. The number of amides is 2.